The Morgan fingerprint density at radius 3 is 2.50 bits per heavy atom. The number of hydrogen-bond donors (Lipinski definition) is 1. The number of piperazine rings is 1. The second-order valence-corrected chi connectivity index (χ2v) is 7.49. The van der Waals surface area contributed by atoms with Crippen LogP contribution in [0.4, 0.5) is 0 Å². The van der Waals surface area contributed by atoms with E-state index in [2.05, 4.69) is 64.4 Å². The van der Waals surface area contributed by atoms with Crippen LogP contribution in [0, 0.1) is 0 Å². The third-order valence-electron chi connectivity index (χ3n) is 5.58. The first-order valence-corrected chi connectivity index (χ1v) is 10.1. The van der Waals surface area contributed by atoms with E-state index in [0.29, 0.717) is 6.04 Å². The highest BCUT2D eigenvalue weighted by Gasteiger charge is 2.27. The number of nitrogens with zero attached hydrogens (tertiary/aromatic N) is 2. The molecule has 1 aliphatic rings. The molecule has 2 heterocycles. The number of aliphatic hydroxyl groups excluding tert-OH is 1. The van der Waals surface area contributed by atoms with Crippen molar-refractivity contribution in [1.82, 2.24) is 9.80 Å². The number of rotatable bonds is 7. The zero-order valence-electron chi connectivity index (χ0n) is 16.2. The molecule has 1 atom stereocenters. The molecule has 146 valence electrons. The molecular weight excluding hydrogens is 348 g/mol. The molecule has 1 aromatic heterocycles. The molecule has 0 saturated carbocycles. The summed E-state index contributed by atoms with van der Waals surface area (Å²) in [5, 5.41) is 9.59. The van der Waals surface area contributed by atoms with Gasteiger partial charge in [0.15, 0.2) is 0 Å². The van der Waals surface area contributed by atoms with Crippen molar-refractivity contribution >= 4 is 0 Å². The van der Waals surface area contributed by atoms with Crippen molar-refractivity contribution in [2.45, 2.75) is 25.6 Å². The second-order valence-electron chi connectivity index (χ2n) is 7.49. The third-order valence-corrected chi connectivity index (χ3v) is 5.58. The summed E-state index contributed by atoms with van der Waals surface area (Å²) in [5.41, 5.74) is 3.79. The second kappa shape index (κ2) is 9.20. The molecule has 28 heavy (non-hydrogen) atoms. The van der Waals surface area contributed by atoms with Gasteiger partial charge in [0, 0.05) is 50.9 Å². The van der Waals surface area contributed by atoms with Gasteiger partial charge in [-0.3, -0.25) is 9.80 Å². The lowest BCUT2D eigenvalue weighted by atomic mass is 10.0. The maximum Gasteiger partial charge on any atom is 0.134 e. The first-order valence-electron chi connectivity index (χ1n) is 10.1. The Balaban J connectivity index is 1.45. The van der Waals surface area contributed by atoms with Gasteiger partial charge in [-0.15, -0.1) is 0 Å². The van der Waals surface area contributed by atoms with Crippen LogP contribution in [0.3, 0.4) is 0 Å². The normalized spacial score (nSPS) is 18.4. The van der Waals surface area contributed by atoms with Crippen LogP contribution in [-0.4, -0.2) is 47.2 Å². The van der Waals surface area contributed by atoms with E-state index in [9.17, 15) is 5.11 Å². The van der Waals surface area contributed by atoms with E-state index in [1.807, 2.05) is 12.1 Å². The van der Waals surface area contributed by atoms with Crippen molar-refractivity contribution < 1.29 is 9.52 Å². The fraction of sp³-hybridized carbons (Fsp3) is 0.333. The molecule has 1 N–H and O–H groups in total. The van der Waals surface area contributed by atoms with Gasteiger partial charge in [-0.2, -0.15) is 0 Å². The minimum absolute atomic E-state index is 0.229. The fourth-order valence-electron chi connectivity index (χ4n) is 4.12. The van der Waals surface area contributed by atoms with Gasteiger partial charge in [0.25, 0.3) is 0 Å². The topological polar surface area (TPSA) is 39.9 Å². The molecular formula is C24H28N2O2. The Morgan fingerprint density at radius 2 is 1.71 bits per heavy atom. The lowest BCUT2D eigenvalue weighted by Gasteiger charge is -2.41. The monoisotopic (exact) mass is 376 g/mol. The van der Waals surface area contributed by atoms with Gasteiger partial charge >= 0.3 is 0 Å². The summed E-state index contributed by atoms with van der Waals surface area (Å²) in [6, 6.07) is 23.4. The molecule has 0 unspecified atom stereocenters. The SMILES string of the molecule is OCC[C@H]1CN(Cc2ccccc2-c2ccco2)CCN1Cc1ccccc1. The van der Waals surface area contributed by atoms with Crippen LogP contribution in [0.2, 0.25) is 0 Å². The van der Waals surface area contributed by atoms with Gasteiger partial charge < -0.3 is 9.52 Å². The Labute approximate surface area is 167 Å². The zero-order chi connectivity index (χ0) is 19.2. The smallest absolute Gasteiger partial charge is 0.134 e. The number of benzene rings is 2. The van der Waals surface area contributed by atoms with Crippen molar-refractivity contribution in [2.75, 3.05) is 26.2 Å². The largest absolute Gasteiger partial charge is 0.464 e. The van der Waals surface area contributed by atoms with Gasteiger partial charge in [0.05, 0.1) is 6.26 Å². The summed E-state index contributed by atoms with van der Waals surface area (Å²) in [6.07, 6.45) is 2.54. The van der Waals surface area contributed by atoms with E-state index in [4.69, 9.17) is 4.42 Å². The summed E-state index contributed by atoms with van der Waals surface area (Å²) in [4.78, 5) is 5.02. The summed E-state index contributed by atoms with van der Waals surface area (Å²) in [5.74, 6) is 0.922. The average molecular weight is 377 g/mol. The van der Waals surface area contributed by atoms with E-state index < -0.39 is 0 Å². The van der Waals surface area contributed by atoms with Crippen LogP contribution in [-0.2, 0) is 13.1 Å². The Kier molecular flexibility index (Phi) is 6.22. The number of aliphatic hydroxyl groups is 1. The first-order chi connectivity index (χ1) is 13.8. The number of hydrogen-bond acceptors (Lipinski definition) is 4. The lowest BCUT2D eigenvalue weighted by Crippen LogP contribution is -2.52. The molecule has 0 aliphatic carbocycles. The predicted octanol–water partition coefficient (Wildman–Crippen LogP) is 4.02. The van der Waals surface area contributed by atoms with Crippen molar-refractivity contribution in [3.05, 3.63) is 84.1 Å². The van der Waals surface area contributed by atoms with Gasteiger partial charge in [-0.1, -0.05) is 54.6 Å². The molecule has 4 rings (SSSR count). The van der Waals surface area contributed by atoms with E-state index in [1.165, 1.54) is 11.1 Å². The molecule has 0 bridgehead atoms. The summed E-state index contributed by atoms with van der Waals surface area (Å²) < 4.78 is 5.63. The van der Waals surface area contributed by atoms with E-state index in [-0.39, 0.29) is 6.61 Å². The summed E-state index contributed by atoms with van der Waals surface area (Å²) in [6.45, 7) is 5.09. The number of furan rings is 1. The highest BCUT2D eigenvalue weighted by Crippen LogP contribution is 2.26. The Morgan fingerprint density at radius 1 is 0.893 bits per heavy atom. The van der Waals surface area contributed by atoms with Gasteiger partial charge in [-0.05, 0) is 29.7 Å². The molecule has 1 fully saturated rings. The van der Waals surface area contributed by atoms with Crippen molar-refractivity contribution in [3.63, 3.8) is 0 Å². The van der Waals surface area contributed by atoms with Crippen molar-refractivity contribution in [1.29, 1.82) is 0 Å². The van der Waals surface area contributed by atoms with Crippen LogP contribution >= 0.6 is 0 Å². The molecule has 1 aliphatic heterocycles. The summed E-state index contributed by atoms with van der Waals surface area (Å²) >= 11 is 0. The zero-order valence-corrected chi connectivity index (χ0v) is 16.2. The molecule has 1 saturated heterocycles. The van der Waals surface area contributed by atoms with Crippen LogP contribution in [0.5, 0.6) is 0 Å². The van der Waals surface area contributed by atoms with Gasteiger partial charge in [0.2, 0.25) is 0 Å². The van der Waals surface area contributed by atoms with E-state index in [1.54, 1.807) is 6.26 Å². The third kappa shape index (κ3) is 4.53. The Hall–Kier alpha value is -2.40. The minimum atomic E-state index is 0.229. The fourth-order valence-corrected chi connectivity index (χ4v) is 4.12. The molecule has 2 aromatic carbocycles. The van der Waals surface area contributed by atoms with E-state index in [0.717, 1.165) is 50.5 Å². The predicted molar refractivity (Wildman–Crippen MR) is 112 cm³/mol. The van der Waals surface area contributed by atoms with E-state index >= 15 is 0 Å². The maximum atomic E-state index is 9.59. The molecule has 4 heteroatoms. The Bertz CT molecular complexity index is 848. The highest BCUT2D eigenvalue weighted by atomic mass is 16.3. The van der Waals surface area contributed by atoms with Crippen LogP contribution < -0.4 is 0 Å². The summed E-state index contributed by atoms with van der Waals surface area (Å²) in [7, 11) is 0. The van der Waals surface area contributed by atoms with Gasteiger partial charge in [0.1, 0.15) is 5.76 Å². The standard InChI is InChI=1S/C24H28N2O2/c27-15-12-22-19-25(13-14-26(22)17-20-7-2-1-3-8-20)18-21-9-4-5-10-23(21)24-11-6-16-28-24/h1-11,16,22,27H,12-15,17-19H2/t22-/m0/s1. The average Bonchev–Trinajstić information content (AvgIpc) is 3.26. The van der Waals surface area contributed by atoms with Crippen LogP contribution in [0.25, 0.3) is 11.3 Å². The van der Waals surface area contributed by atoms with Crippen LogP contribution in [0.1, 0.15) is 17.5 Å². The highest BCUT2D eigenvalue weighted by molar-refractivity contribution is 5.61. The molecule has 3 aromatic rings. The lowest BCUT2D eigenvalue weighted by molar-refractivity contribution is 0.0500. The molecule has 0 amide bonds. The molecule has 4 nitrogen and oxygen atoms in total. The van der Waals surface area contributed by atoms with Crippen LogP contribution in [0.15, 0.2) is 77.4 Å². The quantitative estimate of drug-likeness (QED) is 0.676. The van der Waals surface area contributed by atoms with Crippen molar-refractivity contribution in [3.8, 4) is 11.3 Å². The van der Waals surface area contributed by atoms with Crippen molar-refractivity contribution in [2.24, 2.45) is 0 Å². The maximum absolute atomic E-state index is 9.59. The van der Waals surface area contributed by atoms with Gasteiger partial charge in [-0.25, -0.2) is 0 Å². The molecule has 0 radical (unpaired) electrons. The first kappa shape index (κ1) is 18.9. The molecule has 0 spiro atoms. The minimum Gasteiger partial charge on any atom is -0.464 e.